The van der Waals surface area contributed by atoms with Crippen LogP contribution in [0.3, 0.4) is 0 Å². The van der Waals surface area contributed by atoms with Crippen LogP contribution >= 0.6 is 0 Å². The van der Waals surface area contributed by atoms with Crippen LogP contribution in [0.2, 0.25) is 0 Å². The van der Waals surface area contributed by atoms with Gasteiger partial charge >= 0.3 is 0 Å². The first-order chi connectivity index (χ1) is 11.1. The number of nitrogens with zero attached hydrogens (tertiary/aromatic N) is 2. The van der Waals surface area contributed by atoms with Gasteiger partial charge in [0.1, 0.15) is 5.75 Å². The van der Waals surface area contributed by atoms with Crippen LogP contribution in [0.15, 0.2) is 24.3 Å². The second-order valence-corrected chi connectivity index (χ2v) is 7.59. The molecule has 3 heterocycles. The van der Waals surface area contributed by atoms with Crippen LogP contribution in [0, 0.1) is 5.92 Å². The van der Waals surface area contributed by atoms with E-state index in [1.54, 1.807) is 7.11 Å². The zero-order chi connectivity index (χ0) is 16.0. The molecule has 1 amide bonds. The smallest absolute Gasteiger partial charge is 0.233 e. The summed E-state index contributed by atoms with van der Waals surface area (Å²) in [5.74, 6) is 1.87. The van der Waals surface area contributed by atoms with Crippen LogP contribution < -0.4 is 4.74 Å². The van der Waals surface area contributed by atoms with Gasteiger partial charge in [-0.05, 0) is 56.3 Å². The number of piperidine rings is 1. The van der Waals surface area contributed by atoms with Crippen LogP contribution in [0.5, 0.6) is 5.75 Å². The lowest BCUT2D eigenvalue weighted by Gasteiger charge is -2.38. The zero-order valence-corrected chi connectivity index (χ0v) is 14.1. The van der Waals surface area contributed by atoms with Gasteiger partial charge < -0.3 is 14.5 Å². The SMILES string of the molecule is COc1ccc(C2(C(=O)N3C[C@@H]4CC[C@H]3CN(C)C4)CC2)cc1. The van der Waals surface area contributed by atoms with Crippen molar-refractivity contribution >= 4 is 5.91 Å². The molecule has 4 fully saturated rings. The largest absolute Gasteiger partial charge is 0.497 e. The minimum atomic E-state index is -0.255. The van der Waals surface area contributed by atoms with Crippen molar-refractivity contribution in [2.75, 3.05) is 33.8 Å². The van der Waals surface area contributed by atoms with Gasteiger partial charge in [0, 0.05) is 25.7 Å². The molecule has 0 unspecified atom stereocenters. The van der Waals surface area contributed by atoms with E-state index >= 15 is 0 Å². The summed E-state index contributed by atoms with van der Waals surface area (Å²) in [6.07, 6.45) is 4.41. The fraction of sp³-hybridized carbons (Fsp3) is 0.632. The van der Waals surface area contributed by atoms with Crippen molar-refractivity contribution in [2.45, 2.75) is 37.1 Å². The molecule has 3 saturated heterocycles. The summed E-state index contributed by atoms with van der Waals surface area (Å²) < 4.78 is 5.25. The molecule has 5 rings (SSSR count). The Labute approximate surface area is 138 Å². The lowest BCUT2D eigenvalue weighted by Crippen LogP contribution is -2.51. The summed E-state index contributed by atoms with van der Waals surface area (Å²) in [6.45, 7) is 3.11. The second kappa shape index (κ2) is 5.52. The van der Waals surface area contributed by atoms with Crippen molar-refractivity contribution in [1.29, 1.82) is 0 Å². The number of rotatable bonds is 3. The average Bonchev–Trinajstić information content (AvgIpc) is 3.39. The van der Waals surface area contributed by atoms with E-state index in [1.165, 1.54) is 12.8 Å². The lowest BCUT2D eigenvalue weighted by molar-refractivity contribution is -0.138. The lowest BCUT2D eigenvalue weighted by atomic mass is 9.89. The number of amides is 1. The fourth-order valence-electron chi connectivity index (χ4n) is 4.50. The Morgan fingerprint density at radius 1 is 1.13 bits per heavy atom. The molecule has 4 heteroatoms. The minimum absolute atomic E-state index is 0.255. The number of likely N-dealkylation sites (N-methyl/N-ethyl adjacent to an activating group) is 1. The molecule has 1 aromatic rings. The Bertz CT molecular complexity index is 594. The Kier molecular flexibility index (Phi) is 3.60. The average molecular weight is 314 g/mol. The second-order valence-electron chi connectivity index (χ2n) is 7.59. The summed E-state index contributed by atoms with van der Waals surface area (Å²) in [7, 11) is 3.87. The molecule has 1 saturated carbocycles. The van der Waals surface area contributed by atoms with E-state index in [1.807, 2.05) is 12.1 Å². The van der Waals surface area contributed by atoms with Crippen LogP contribution in [0.1, 0.15) is 31.2 Å². The maximum absolute atomic E-state index is 13.4. The summed E-state index contributed by atoms with van der Waals surface area (Å²) in [4.78, 5) is 18.0. The van der Waals surface area contributed by atoms with E-state index in [0.717, 1.165) is 43.8 Å². The Hall–Kier alpha value is -1.55. The van der Waals surface area contributed by atoms with Crippen molar-refractivity contribution in [3.05, 3.63) is 29.8 Å². The topological polar surface area (TPSA) is 32.8 Å². The van der Waals surface area contributed by atoms with Crippen molar-refractivity contribution in [3.63, 3.8) is 0 Å². The molecule has 0 radical (unpaired) electrons. The molecule has 0 spiro atoms. The van der Waals surface area contributed by atoms with Gasteiger partial charge in [-0.3, -0.25) is 4.79 Å². The first-order valence-electron chi connectivity index (χ1n) is 8.76. The number of benzene rings is 1. The van der Waals surface area contributed by atoms with Gasteiger partial charge in [0.15, 0.2) is 0 Å². The van der Waals surface area contributed by atoms with Gasteiger partial charge in [-0.25, -0.2) is 0 Å². The molecule has 124 valence electrons. The van der Waals surface area contributed by atoms with Crippen LogP contribution in [0.4, 0.5) is 0 Å². The normalized spacial score (nSPS) is 29.2. The van der Waals surface area contributed by atoms with Gasteiger partial charge in [0.05, 0.1) is 12.5 Å². The van der Waals surface area contributed by atoms with Gasteiger partial charge in [0.25, 0.3) is 0 Å². The zero-order valence-electron chi connectivity index (χ0n) is 14.1. The quantitative estimate of drug-likeness (QED) is 0.858. The highest BCUT2D eigenvalue weighted by molar-refractivity contribution is 5.91. The van der Waals surface area contributed by atoms with Crippen molar-refractivity contribution in [2.24, 2.45) is 5.92 Å². The van der Waals surface area contributed by atoms with Crippen LogP contribution in [-0.4, -0.2) is 55.5 Å². The Balaban J connectivity index is 1.58. The molecule has 3 aliphatic heterocycles. The monoisotopic (exact) mass is 314 g/mol. The fourth-order valence-corrected chi connectivity index (χ4v) is 4.50. The Morgan fingerprint density at radius 2 is 1.87 bits per heavy atom. The van der Waals surface area contributed by atoms with E-state index in [-0.39, 0.29) is 5.41 Å². The number of methoxy groups -OCH3 is 1. The van der Waals surface area contributed by atoms with E-state index in [0.29, 0.717) is 17.9 Å². The first kappa shape index (κ1) is 15.0. The summed E-state index contributed by atoms with van der Waals surface area (Å²) in [5.41, 5.74) is 0.909. The third-order valence-electron chi connectivity index (χ3n) is 5.96. The predicted molar refractivity (Wildman–Crippen MR) is 89.6 cm³/mol. The highest BCUT2D eigenvalue weighted by Gasteiger charge is 2.54. The Morgan fingerprint density at radius 3 is 2.52 bits per heavy atom. The predicted octanol–water partition coefficient (Wildman–Crippen LogP) is 2.28. The highest BCUT2D eigenvalue weighted by atomic mass is 16.5. The molecule has 2 bridgehead atoms. The molecule has 2 atom stereocenters. The van der Waals surface area contributed by atoms with E-state index in [9.17, 15) is 4.79 Å². The molecule has 4 aliphatic rings. The molecular weight excluding hydrogens is 288 g/mol. The minimum Gasteiger partial charge on any atom is -0.497 e. The molecule has 4 nitrogen and oxygen atoms in total. The van der Waals surface area contributed by atoms with Gasteiger partial charge in [0.2, 0.25) is 5.91 Å². The molecule has 0 N–H and O–H groups in total. The first-order valence-corrected chi connectivity index (χ1v) is 8.76. The van der Waals surface area contributed by atoms with Gasteiger partial charge in [-0.1, -0.05) is 12.1 Å². The standard InChI is InChI=1S/C19H26N2O2/c1-20-11-14-3-6-16(13-20)21(12-14)18(22)19(9-10-19)15-4-7-17(23-2)8-5-15/h4-5,7-8,14,16H,3,6,9-13H2,1-2H3/t14-,16+/m1/s1. The molecule has 23 heavy (non-hydrogen) atoms. The molecule has 0 aromatic heterocycles. The van der Waals surface area contributed by atoms with E-state index in [2.05, 4.69) is 29.0 Å². The maximum Gasteiger partial charge on any atom is 0.233 e. The number of carbonyl (C=O) groups excluding carboxylic acids is 1. The highest BCUT2D eigenvalue weighted by Crippen LogP contribution is 2.51. The third kappa shape index (κ3) is 2.53. The van der Waals surface area contributed by atoms with E-state index < -0.39 is 0 Å². The number of fused-ring (bicyclic) bond motifs is 4. The summed E-state index contributed by atoms with van der Waals surface area (Å²) in [5, 5.41) is 0. The number of hydrogen-bond acceptors (Lipinski definition) is 3. The summed E-state index contributed by atoms with van der Waals surface area (Å²) >= 11 is 0. The molecule has 1 aliphatic carbocycles. The number of ether oxygens (including phenoxy) is 1. The van der Waals surface area contributed by atoms with Crippen LogP contribution in [-0.2, 0) is 10.2 Å². The molecular formula is C19H26N2O2. The summed E-state index contributed by atoms with van der Waals surface area (Å²) in [6, 6.07) is 8.51. The maximum atomic E-state index is 13.4. The third-order valence-corrected chi connectivity index (χ3v) is 5.96. The van der Waals surface area contributed by atoms with Crippen molar-refractivity contribution < 1.29 is 9.53 Å². The van der Waals surface area contributed by atoms with Crippen molar-refractivity contribution in [1.82, 2.24) is 9.80 Å². The van der Waals surface area contributed by atoms with Crippen molar-refractivity contribution in [3.8, 4) is 5.75 Å². The molecule has 1 aromatic carbocycles. The van der Waals surface area contributed by atoms with Gasteiger partial charge in [-0.2, -0.15) is 0 Å². The van der Waals surface area contributed by atoms with E-state index in [4.69, 9.17) is 4.74 Å². The van der Waals surface area contributed by atoms with Gasteiger partial charge in [-0.15, -0.1) is 0 Å². The van der Waals surface area contributed by atoms with Crippen LogP contribution in [0.25, 0.3) is 0 Å². The number of hydrogen-bond donors (Lipinski definition) is 0. The number of carbonyl (C=O) groups is 1.